The van der Waals surface area contributed by atoms with Crippen molar-refractivity contribution in [2.45, 2.75) is 6.54 Å². The Balaban J connectivity index is 1.74. The van der Waals surface area contributed by atoms with Gasteiger partial charge in [-0.05, 0) is 23.6 Å². The van der Waals surface area contributed by atoms with E-state index in [0.29, 0.717) is 11.6 Å². The van der Waals surface area contributed by atoms with E-state index < -0.39 is 0 Å². The molecule has 1 amide bonds. The minimum absolute atomic E-state index is 0.0260. The third-order valence-corrected chi connectivity index (χ3v) is 5.80. The molecule has 0 unspecified atom stereocenters. The average Bonchev–Trinajstić information content (AvgIpc) is 3.13. The summed E-state index contributed by atoms with van der Waals surface area (Å²) < 4.78 is 1.13. The summed E-state index contributed by atoms with van der Waals surface area (Å²) in [4.78, 5) is 16.0. The maximum Gasteiger partial charge on any atom is 0.246 e. The van der Waals surface area contributed by atoms with Crippen molar-refractivity contribution in [1.29, 1.82) is 0 Å². The second kappa shape index (κ2) is 6.65. The fourth-order valence-electron chi connectivity index (χ4n) is 2.13. The number of carbonyl (C=O) groups is 1. The quantitative estimate of drug-likeness (QED) is 0.587. The Morgan fingerprint density at radius 3 is 2.82 bits per heavy atom. The smallest absolute Gasteiger partial charge is 0.246 e. The molecular formula is C17H14ClNOS2. The van der Waals surface area contributed by atoms with Crippen LogP contribution in [0.5, 0.6) is 0 Å². The van der Waals surface area contributed by atoms with Crippen LogP contribution in [0.25, 0.3) is 16.2 Å². The highest BCUT2D eigenvalue weighted by Gasteiger charge is 2.09. The van der Waals surface area contributed by atoms with E-state index in [1.807, 2.05) is 41.8 Å². The van der Waals surface area contributed by atoms with Crippen LogP contribution in [0.3, 0.4) is 0 Å². The van der Waals surface area contributed by atoms with Crippen LogP contribution < -0.4 is 0 Å². The molecule has 3 rings (SSSR count). The topological polar surface area (TPSA) is 20.3 Å². The van der Waals surface area contributed by atoms with E-state index in [2.05, 4.69) is 0 Å². The lowest BCUT2D eigenvalue weighted by atomic mass is 10.2. The molecule has 1 aromatic carbocycles. The molecule has 2 nitrogen and oxygen atoms in total. The Labute approximate surface area is 142 Å². The summed E-state index contributed by atoms with van der Waals surface area (Å²) in [6, 6.07) is 12.0. The predicted octanol–water partition coefficient (Wildman–Crippen LogP) is 5.29. The van der Waals surface area contributed by atoms with E-state index in [4.69, 9.17) is 11.6 Å². The van der Waals surface area contributed by atoms with Crippen LogP contribution in [0, 0.1) is 0 Å². The highest BCUT2D eigenvalue weighted by atomic mass is 35.5. The zero-order valence-electron chi connectivity index (χ0n) is 12.0. The second-order valence-corrected chi connectivity index (χ2v) is 7.38. The lowest BCUT2D eigenvalue weighted by molar-refractivity contribution is -0.125. The van der Waals surface area contributed by atoms with Crippen molar-refractivity contribution in [2.75, 3.05) is 7.05 Å². The van der Waals surface area contributed by atoms with E-state index >= 15 is 0 Å². The van der Waals surface area contributed by atoms with Gasteiger partial charge in [-0.15, -0.1) is 22.7 Å². The van der Waals surface area contributed by atoms with Gasteiger partial charge in [0, 0.05) is 33.0 Å². The first-order valence-electron chi connectivity index (χ1n) is 6.78. The van der Waals surface area contributed by atoms with Crippen molar-refractivity contribution in [3.8, 4) is 0 Å². The SMILES string of the molecule is CN(Cc1cccs1)C(=O)/C=C/c1sc2ccccc2c1Cl. The van der Waals surface area contributed by atoms with Gasteiger partial charge in [0.15, 0.2) is 0 Å². The van der Waals surface area contributed by atoms with Crippen molar-refractivity contribution in [2.24, 2.45) is 0 Å². The Morgan fingerprint density at radius 2 is 2.09 bits per heavy atom. The third kappa shape index (κ3) is 3.24. The summed E-state index contributed by atoms with van der Waals surface area (Å²) in [6.07, 6.45) is 3.39. The minimum Gasteiger partial charge on any atom is -0.337 e. The monoisotopic (exact) mass is 347 g/mol. The first-order chi connectivity index (χ1) is 10.6. The van der Waals surface area contributed by atoms with Crippen LogP contribution in [0.2, 0.25) is 5.02 Å². The number of benzene rings is 1. The van der Waals surface area contributed by atoms with Gasteiger partial charge in [0.1, 0.15) is 0 Å². The van der Waals surface area contributed by atoms with E-state index in [9.17, 15) is 4.79 Å². The molecule has 0 spiro atoms. The van der Waals surface area contributed by atoms with Gasteiger partial charge in [-0.3, -0.25) is 4.79 Å². The van der Waals surface area contributed by atoms with E-state index in [1.165, 1.54) is 4.88 Å². The van der Waals surface area contributed by atoms with Crippen molar-refractivity contribution >= 4 is 56.3 Å². The lowest BCUT2D eigenvalue weighted by Crippen LogP contribution is -2.23. The number of rotatable bonds is 4. The summed E-state index contributed by atoms with van der Waals surface area (Å²) >= 11 is 9.62. The molecule has 0 fully saturated rings. The number of amides is 1. The highest BCUT2D eigenvalue weighted by Crippen LogP contribution is 2.35. The van der Waals surface area contributed by atoms with Crippen LogP contribution >= 0.6 is 34.3 Å². The van der Waals surface area contributed by atoms with Gasteiger partial charge < -0.3 is 4.90 Å². The van der Waals surface area contributed by atoms with Crippen molar-refractivity contribution in [3.05, 3.63) is 62.6 Å². The molecular weight excluding hydrogens is 334 g/mol. The Morgan fingerprint density at radius 1 is 1.27 bits per heavy atom. The summed E-state index contributed by atoms with van der Waals surface area (Å²) in [7, 11) is 1.80. The standard InChI is InChI=1S/C17H14ClNOS2/c1-19(11-12-5-4-10-21-12)16(20)9-8-15-17(18)13-6-2-3-7-14(13)22-15/h2-10H,11H2,1H3/b9-8+. The van der Waals surface area contributed by atoms with Crippen molar-refractivity contribution in [1.82, 2.24) is 4.90 Å². The molecule has 0 aliphatic heterocycles. The molecule has 0 saturated carbocycles. The highest BCUT2D eigenvalue weighted by molar-refractivity contribution is 7.20. The maximum atomic E-state index is 12.2. The zero-order chi connectivity index (χ0) is 15.5. The van der Waals surface area contributed by atoms with Crippen LogP contribution in [0.4, 0.5) is 0 Å². The lowest BCUT2D eigenvalue weighted by Gasteiger charge is -2.13. The molecule has 0 aliphatic carbocycles. The largest absolute Gasteiger partial charge is 0.337 e. The van der Waals surface area contributed by atoms with E-state index in [0.717, 1.165) is 15.0 Å². The number of fused-ring (bicyclic) bond motifs is 1. The molecule has 0 saturated heterocycles. The zero-order valence-corrected chi connectivity index (χ0v) is 14.3. The van der Waals surface area contributed by atoms with Crippen LogP contribution in [-0.2, 0) is 11.3 Å². The molecule has 0 N–H and O–H groups in total. The number of nitrogens with zero attached hydrogens (tertiary/aromatic N) is 1. The number of hydrogen-bond acceptors (Lipinski definition) is 3. The molecule has 2 heterocycles. The van der Waals surface area contributed by atoms with Gasteiger partial charge in [-0.2, -0.15) is 0 Å². The summed E-state index contributed by atoms with van der Waals surface area (Å²) in [5.41, 5.74) is 0. The molecule has 3 aromatic rings. The van der Waals surface area contributed by atoms with Crippen LogP contribution in [-0.4, -0.2) is 17.9 Å². The van der Waals surface area contributed by atoms with Crippen LogP contribution in [0.1, 0.15) is 9.75 Å². The first-order valence-corrected chi connectivity index (χ1v) is 8.85. The predicted molar refractivity (Wildman–Crippen MR) is 96.7 cm³/mol. The molecule has 0 bridgehead atoms. The van der Waals surface area contributed by atoms with Gasteiger partial charge in [0.25, 0.3) is 0 Å². The first kappa shape index (κ1) is 15.3. The summed E-state index contributed by atoms with van der Waals surface area (Å²) in [6.45, 7) is 0.626. The Hall–Kier alpha value is -1.62. The molecule has 0 atom stereocenters. The van der Waals surface area contributed by atoms with Gasteiger partial charge in [-0.25, -0.2) is 0 Å². The Bertz CT molecular complexity index is 820. The molecule has 2 aromatic heterocycles. The molecule has 0 aliphatic rings. The van der Waals surface area contributed by atoms with Crippen LogP contribution in [0.15, 0.2) is 47.9 Å². The summed E-state index contributed by atoms with van der Waals surface area (Å²) in [5.74, 6) is -0.0260. The number of halogens is 1. The molecule has 0 radical (unpaired) electrons. The van der Waals surface area contributed by atoms with Gasteiger partial charge in [0.05, 0.1) is 11.6 Å². The van der Waals surface area contributed by atoms with Crippen molar-refractivity contribution < 1.29 is 4.79 Å². The number of carbonyl (C=O) groups excluding carboxylic acids is 1. The fourth-order valence-corrected chi connectivity index (χ4v) is 4.28. The minimum atomic E-state index is -0.0260. The van der Waals surface area contributed by atoms with Gasteiger partial charge in [0.2, 0.25) is 5.91 Å². The normalized spacial score (nSPS) is 11.4. The molecule has 112 valence electrons. The summed E-state index contributed by atoms with van der Waals surface area (Å²) in [5, 5.41) is 3.76. The van der Waals surface area contributed by atoms with E-state index in [1.54, 1.807) is 46.8 Å². The Kier molecular flexibility index (Phi) is 4.62. The molecule has 22 heavy (non-hydrogen) atoms. The third-order valence-electron chi connectivity index (χ3n) is 3.29. The number of likely N-dealkylation sites (N-methyl/N-ethyl adjacent to an activating group) is 1. The van der Waals surface area contributed by atoms with Crippen molar-refractivity contribution in [3.63, 3.8) is 0 Å². The van der Waals surface area contributed by atoms with Gasteiger partial charge in [-0.1, -0.05) is 35.9 Å². The maximum absolute atomic E-state index is 12.2. The number of hydrogen-bond donors (Lipinski definition) is 0. The van der Waals surface area contributed by atoms with Gasteiger partial charge >= 0.3 is 0 Å². The van der Waals surface area contributed by atoms with E-state index in [-0.39, 0.29) is 5.91 Å². The number of thiophene rings is 2. The second-order valence-electron chi connectivity index (χ2n) is 4.88. The fraction of sp³-hybridized carbons (Fsp3) is 0.118. The molecule has 5 heteroatoms. The average molecular weight is 348 g/mol.